The second kappa shape index (κ2) is 5.23. The molecular formula is C8H8Cl2NO5P. The standard InChI is InChI=1S/C8H8Cl2NO5P/c1-17(14,15)4-16-8-3-7(11(12)13)5(9)2-6(8)10/h2-3H,4H2,1H3,(H,14,15). The third kappa shape index (κ3) is 4.16. The minimum atomic E-state index is -3.39. The number of hydrogen-bond acceptors (Lipinski definition) is 4. The van der Waals surface area contributed by atoms with Crippen LogP contribution in [0.2, 0.25) is 10.0 Å². The predicted octanol–water partition coefficient (Wildman–Crippen LogP) is 3.14. The Morgan fingerprint density at radius 2 is 2.06 bits per heavy atom. The summed E-state index contributed by atoms with van der Waals surface area (Å²) in [4.78, 5) is 18.9. The van der Waals surface area contributed by atoms with Gasteiger partial charge >= 0.3 is 0 Å². The first-order valence-corrected chi connectivity index (χ1v) is 7.31. The summed E-state index contributed by atoms with van der Waals surface area (Å²) in [6, 6.07) is 2.16. The summed E-state index contributed by atoms with van der Waals surface area (Å²) in [7, 11) is -3.39. The molecule has 6 nitrogen and oxygen atoms in total. The van der Waals surface area contributed by atoms with Gasteiger partial charge in [-0.05, 0) is 6.07 Å². The van der Waals surface area contributed by atoms with Crippen molar-refractivity contribution in [3.05, 3.63) is 32.3 Å². The number of halogens is 2. The number of hydrogen-bond donors (Lipinski definition) is 1. The molecule has 17 heavy (non-hydrogen) atoms. The third-order valence-corrected chi connectivity index (χ3v) is 2.86. The van der Waals surface area contributed by atoms with E-state index in [1.54, 1.807) is 0 Å². The number of rotatable bonds is 4. The minimum absolute atomic E-state index is 0.0362. The van der Waals surface area contributed by atoms with Crippen molar-refractivity contribution >= 4 is 36.3 Å². The van der Waals surface area contributed by atoms with Gasteiger partial charge in [-0.3, -0.25) is 14.7 Å². The molecule has 94 valence electrons. The molecule has 1 N–H and O–H groups in total. The quantitative estimate of drug-likeness (QED) is 0.524. The SMILES string of the molecule is CP(=O)(O)COc1cc([N+](=O)[O-])c(Cl)cc1Cl. The van der Waals surface area contributed by atoms with E-state index in [4.69, 9.17) is 32.8 Å². The molecular weight excluding hydrogens is 292 g/mol. The fourth-order valence-electron chi connectivity index (χ4n) is 0.958. The number of nitrogens with zero attached hydrogens (tertiary/aromatic N) is 1. The Morgan fingerprint density at radius 3 is 2.53 bits per heavy atom. The molecule has 1 rings (SSSR count). The lowest BCUT2D eigenvalue weighted by molar-refractivity contribution is -0.384. The lowest BCUT2D eigenvalue weighted by atomic mass is 10.3. The molecule has 0 amide bonds. The summed E-state index contributed by atoms with van der Waals surface area (Å²) < 4.78 is 16.0. The first-order chi connectivity index (χ1) is 7.70. The van der Waals surface area contributed by atoms with Crippen LogP contribution in [0.5, 0.6) is 5.75 Å². The van der Waals surface area contributed by atoms with E-state index in [1.807, 2.05) is 0 Å². The van der Waals surface area contributed by atoms with Crippen LogP contribution in [0.3, 0.4) is 0 Å². The molecule has 0 aliphatic rings. The molecule has 1 aromatic carbocycles. The summed E-state index contributed by atoms with van der Waals surface area (Å²) in [5.74, 6) is -0.0566. The maximum atomic E-state index is 11.0. The highest BCUT2D eigenvalue weighted by atomic mass is 35.5. The van der Waals surface area contributed by atoms with Crippen molar-refractivity contribution in [1.82, 2.24) is 0 Å². The van der Waals surface area contributed by atoms with Crippen LogP contribution in [0.4, 0.5) is 5.69 Å². The molecule has 1 atom stereocenters. The van der Waals surface area contributed by atoms with Gasteiger partial charge in [0.2, 0.25) is 7.37 Å². The Kier molecular flexibility index (Phi) is 4.38. The Morgan fingerprint density at radius 1 is 1.47 bits per heavy atom. The van der Waals surface area contributed by atoms with E-state index in [9.17, 15) is 14.7 Å². The van der Waals surface area contributed by atoms with Gasteiger partial charge in [-0.25, -0.2) is 0 Å². The van der Waals surface area contributed by atoms with Crippen molar-refractivity contribution in [2.75, 3.05) is 13.0 Å². The highest BCUT2D eigenvalue weighted by Gasteiger charge is 2.19. The Labute approximate surface area is 107 Å². The molecule has 0 bridgehead atoms. The van der Waals surface area contributed by atoms with Crippen LogP contribution in [0.1, 0.15) is 0 Å². The smallest absolute Gasteiger partial charge is 0.291 e. The highest BCUT2D eigenvalue weighted by molar-refractivity contribution is 7.56. The van der Waals surface area contributed by atoms with Crippen LogP contribution >= 0.6 is 30.6 Å². The Balaban J connectivity index is 3.04. The maximum absolute atomic E-state index is 11.0. The van der Waals surface area contributed by atoms with Crippen molar-refractivity contribution in [1.29, 1.82) is 0 Å². The Bertz CT molecular complexity index is 501. The molecule has 0 aliphatic heterocycles. The van der Waals surface area contributed by atoms with Crippen LogP contribution in [-0.4, -0.2) is 22.8 Å². The second-order valence-corrected chi connectivity index (χ2v) is 6.49. The number of nitro groups is 1. The van der Waals surface area contributed by atoms with Crippen LogP contribution in [-0.2, 0) is 4.57 Å². The largest absolute Gasteiger partial charge is 0.482 e. The van der Waals surface area contributed by atoms with Gasteiger partial charge < -0.3 is 9.63 Å². The van der Waals surface area contributed by atoms with Crippen molar-refractivity contribution in [3.8, 4) is 5.75 Å². The number of ether oxygens (including phenoxy) is 1. The van der Waals surface area contributed by atoms with Gasteiger partial charge in [0.15, 0.2) is 6.35 Å². The Hall–Kier alpha value is -0.810. The van der Waals surface area contributed by atoms with Gasteiger partial charge in [0.05, 0.1) is 16.0 Å². The number of benzene rings is 1. The summed E-state index contributed by atoms with van der Waals surface area (Å²) in [6.45, 7) is 1.10. The van der Waals surface area contributed by atoms with E-state index in [0.717, 1.165) is 18.8 Å². The van der Waals surface area contributed by atoms with Gasteiger partial charge in [-0.15, -0.1) is 0 Å². The summed E-state index contributed by atoms with van der Waals surface area (Å²) in [5, 5.41) is 10.5. The molecule has 0 saturated carbocycles. The normalized spacial score (nSPS) is 14.1. The maximum Gasteiger partial charge on any atom is 0.291 e. The van der Waals surface area contributed by atoms with Crippen molar-refractivity contribution in [2.45, 2.75) is 0 Å². The zero-order valence-corrected chi connectivity index (χ0v) is 11.0. The van der Waals surface area contributed by atoms with E-state index in [1.165, 1.54) is 0 Å². The van der Waals surface area contributed by atoms with Gasteiger partial charge in [0, 0.05) is 6.66 Å². The van der Waals surface area contributed by atoms with E-state index in [2.05, 4.69) is 0 Å². The molecule has 0 aromatic heterocycles. The molecule has 0 radical (unpaired) electrons. The molecule has 0 heterocycles. The van der Waals surface area contributed by atoms with E-state index in [-0.39, 0.29) is 21.5 Å². The van der Waals surface area contributed by atoms with E-state index < -0.39 is 18.6 Å². The van der Waals surface area contributed by atoms with Crippen molar-refractivity contribution in [3.63, 3.8) is 0 Å². The topological polar surface area (TPSA) is 89.7 Å². The molecule has 0 fully saturated rings. The average molecular weight is 300 g/mol. The molecule has 0 aliphatic carbocycles. The summed E-state index contributed by atoms with van der Waals surface area (Å²) in [6.07, 6.45) is -0.481. The molecule has 1 unspecified atom stereocenters. The van der Waals surface area contributed by atoms with Crippen LogP contribution < -0.4 is 4.74 Å². The lowest BCUT2D eigenvalue weighted by Gasteiger charge is -2.10. The van der Waals surface area contributed by atoms with Crippen LogP contribution in [0, 0.1) is 10.1 Å². The average Bonchev–Trinajstić information content (AvgIpc) is 2.14. The zero-order chi connectivity index (χ0) is 13.2. The van der Waals surface area contributed by atoms with Gasteiger partial charge in [0.25, 0.3) is 5.69 Å². The number of nitro benzene ring substituents is 1. The summed E-state index contributed by atoms with van der Waals surface area (Å²) in [5.41, 5.74) is -0.380. The zero-order valence-electron chi connectivity index (χ0n) is 8.59. The monoisotopic (exact) mass is 299 g/mol. The van der Waals surface area contributed by atoms with Gasteiger partial charge in [-0.2, -0.15) is 0 Å². The van der Waals surface area contributed by atoms with Crippen LogP contribution in [0.15, 0.2) is 12.1 Å². The fraction of sp³-hybridized carbons (Fsp3) is 0.250. The van der Waals surface area contributed by atoms with E-state index in [0.29, 0.717) is 0 Å². The molecule has 0 spiro atoms. The van der Waals surface area contributed by atoms with Crippen LogP contribution in [0.25, 0.3) is 0 Å². The van der Waals surface area contributed by atoms with Gasteiger partial charge in [-0.1, -0.05) is 23.2 Å². The van der Waals surface area contributed by atoms with Crippen molar-refractivity contribution < 1.29 is 19.1 Å². The molecule has 1 aromatic rings. The predicted molar refractivity (Wildman–Crippen MR) is 64.4 cm³/mol. The highest BCUT2D eigenvalue weighted by Crippen LogP contribution is 2.39. The first-order valence-electron chi connectivity index (χ1n) is 4.26. The second-order valence-electron chi connectivity index (χ2n) is 3.32. The molecule has 0 saturated heterocycles. The fourth-order valence-corrected chi connectivity index (χ4v) is 1.84. The minimum Gasteiger partial charge on any atom is -0.482 e. The lowest BCUT2D eigenvalue weighted by Crippen LogP contribution is -1.99. The molecule has 9 heteroatoms. The summed E-state index contributed by atoms with van der Waals surface area (Å²) >= 11 is 11.3. The first kappa shape index (κ1) is 14.3. The van der Waals surface area contributed by atoms with E-state index >= 15 is 0 Å². The van der Waals surface area contributed by atoms with Gasteiger partial charge in [0.1, 0.15) is 10.8 Å². The van der Waals surface area contributed by atoms with Crippen molar-refractivity contribution in [2.24, 2.45) is 0 Å². The third-order valence-electron chi connectivity index (χ3n) is 1.66.